The summed E-state index contributed by atoms with van der Waals surface area (Å²) in [6.07, 6.45) is 12.6. The first-order valence-corrected chi connectivity index (χ1v) is 28.0. The molecule has 2 rings (SSSR count). The summed E-state index contributed by atoms with van der Waals surface area (Å²) in [4.78, 5) is 98.5. The van der Waals surface area contributed by atoms with E-state index in [2.05, 4.69) is 22.9 Å². The zero-order chi connectivity index (χ0) is 56.0. The van der Waals surface area contributed by atoms with Crippen LogP contribution in [0.4, 0.5) is 0 Å². The summed E-state index contributed by atoms with van der Waals surface area (Å²) in [5, 5.41) is 18.5. The fourth-order valence-electron chi connectivity index (χ4n) is 9.63. The van der Waals surface area contributed by atoms with Gasteiger partial charge in [-0.1, -0.05) is 104 Å². The normalized spacial score (nSPS) is 17.1. The molecule has 0 radical (unpaired) electrons. The molecule has 15 nitrogen and oxygen atoms in total. The quantitative estimate of drug-likeness (QED) is 0.0478. The van der Waals surface area contributed by atoms with Crippen LogP contribution in [-0.4, -0.2) is 111 Å². The van der Waals surface area contributed by atoms with Crippen molar-refractivity contribution in [3.05, 3.63) is 29.8 Å². The second-order valence-electron chi connectivity index (χ2n) is 24.4. The van der Waals surface area contributed by atoms with Gasteiger partial charge in [-0.15, -0.1) is 0 Å². The second kappa shape index (κ2) is 31.6. The highest BCUT2D eigenvalue weighted by Gasteiger charge is 2.43. The Bertz CT molecular complexity index is 1920. The zero-order valence-corrected chi connectivity index (χ0v) is 48.4. The van der Waals surface area contributed by atoms with Crippen molar-refractivity contribution >= 4 is 41.2 Å². The van der Waals surface area contributed by atoms with Crippen LogP contribution in [0.25, 0.3) is 0 Å². The van der Waals surface area contributed by atoms with Gasteiger partial charge in [0.1, 0.15) is 41.3 Å². The molecule has 0 spiro atoms. The van der Waals surface area contributed by atoms with Crippen LogP contribution in [0, 0.1) is 17.8 Å². The average molecular weight is 1040 g/mol. The highest BCUT2D eigenvalue weighted by molar-refractivity contribution is 5.97. The highest BCUT2D eigenvalue weighted by atomic mass is 16.5. The average Bonchev–Trinajstić information content (AvgIpc) is 3.77. The van der Waals surface area contributed by atoms with Crippen LogP contribution in [0.3, 0.4) is 0 Å². The summed E-state index contributed by atoms with van der Waals surface area (Å²) in [5.74, 6) is -4.82. The molecule has 0 saturated carbocycles. The maximum atomic E-state index is 14.8. The number of carboxylic acid groups (broad SMARTS) is 1. The molecule has 0 bridgehead atoms. The van der Waals surface area contributed by atoms with Crippen molar-refractivity contribution in [2.75, 3.05) is 6.54 Å². The molecule has 1 heterocycles. The molecule has 2 unspecified atom stereocenters. The van der Waals surface area contributed by atoms with Crippen LogP contribution in [-0.2, 0) is 49.5 Å². The van der Waals surface area contributed by atoms with E-state index in [-0.39, 0.29) is 43.9 Å². The van der Waals surface area contributed by atoms with Gasteiger partial charge in [0.15, 0.2) is 5.78 Å². The second-order valence-corrected chi connectivity index (χ2v) is 24.4. The fourth-order valence-corrected chi connectivity index (χ4v) is 9.63. The number of ketones is 2. The molecule has 4 N–H and O–H groups in total. The predicted octanol–water partition coefficient (Wildman–Crippen LogP) is 10.3. The monoisotopic (exact) mass is 1040 g/mol. The van der Waals surface area contributed by atoms with E-state index < -0.39 is 100 Å². The van der Waals surface area contributed by atoms with Crippen LogP contribution in [0.1, 0.15) is 219 Å². The Morgan fingerprint density at radius 1 is 0.662 bits per heavy atom. The van der Waals surface area contributed by atoms with E-state index in [0.29, 0.717) is 30.6 Å². The minimum Gasteiger partial charge on any atom is -0.488 e. The predicted molar refractivity (Wildman–Crippen MR) is 292 cm³/mol. The van der Waals surface area contributed by atoms with E-state index in [4.69, 9.17) is 14.2 Å². The minimum atomic E-state index is -1.28. The summed E-state index contributed by atoms with van der Waals surface area (Å²) in [6.45, 7) is 28.1. The Morgan fingerprint density at radius 3 is 1.69 bits per heavy atom. The van der Waals surface area contributed by atoms with Crippen LogP contribution in [0.15, 0.2) is 24.3 Å². The molecule has 1 fully saturated rings. The van der Waals surface area contributed by atoms with Gasteiger partial charge >= 0.3 is 5.97 Å². The Labute approximate surface area is 445 Å². The SMILES string of the molecule is CCCCCCCCCCCCCC(=O)C[C@@H](CC(C)C)C(=O)N[C@H](C(=O)N1CCC[C@@H]1C(=O)N[C@H](C(=O)C[C@@H](C)C(=O)N[C@@H](Cc1ccc(OC(C)(C)C)cc1)C(=O)O)C(C)OC(C)(C)C)C(C)OC(C)(C)C. The molecule has 422 valence electrons. The molecular weight excluding hydrogens is 941 g/mol. The smallest absolute Gasteiger partial charge is 0.326 e. The van der Waals surface area contributed by atoms with Crippen LogP contribution in [0.5, 0.6) is 5.75 Å². The molecule has 74 heavy (non-hydrogen) atoms. The Morgan fingerprint density at radius 2 is 1.19 bits per heavy atom. The number of likely N-dealkylation sites (tertiary alicyclic amines) is 1. The lowest BCUT2D eigenvalue weighted by Gasteiger charge is -2.36. The molecule has 1 saturated heterocycles. The van der Waals surface area contributed by atoms with E-state index in [1.165, 1.54) is 56.8 Å². The van der Waals surface area contributed by atoms with Gasteiger partial charge in [0.05, 0.1) is 23.4 Å². The van der Waals surface area contributed by atoms with Crippen molar-refractivity contribution in [1.82, 2.24) is 20.9 Å². The number of carbonyl (C=O) groups excluding carboxylic acids is 6. The van der Waals surface area contributed by atoms with Crippen molar-refractivity contribution in [3.8, 4) is 5.75 Å². The van der Waals surface area contributed by atoms with E-state index in [1.54, 1.807) is 38.1 Å². The summed E-state index contributed by atoms with van der Waals surface area (Å²) in [5.41, 5.74) is -1.18. The number of hydrogen-bond donors (Lipinski definition) is 4. The van der Waals surface area contributed by atoms with Crippen molar-refractivity contribution < 1.29 is 52.9 Å². The van der Waals surface area contributed by atoms with Gasteiger partial charge in [0.25, 0.3) is 0 Å². The molecule has 8 atom stereocenters. The summed E-state index contributed by atoms with van der Waals surface area (Å²) >= 11 is 0. The van der Waals surface area contributed by atoms with Crippen molar-refractivity contribution in [2.24, 2.45) is 17.8 Å². The van der Waals surface area contributed by atoms with Gasteiger partial charge < -0.3 is 40.2 Å². The number of rotatable bonds is 34. The minimum absolute atomic E-state index is 0.00730. The molecule has 1 aromatic carbocycles. The molecule has 1 aliphatic rings. The number of carboxylic acids is 1. The number of nitrogens with one attached hydrogen (secondary N) is 3. The molecule has 15 heteroatoms. The number of hydrogen-bond acceptors (Lipinski definition) is 10. The summed E-state index contributed by atoms with van der Waals surface area (Å²) in [7, 11) is 0. The van der Waals surface area contributed by atoms with Crippen LogP contribution < -0.4 is 20.7 Å². The molecule has 1 aliphatic heterocycles. The highest BCUT2D eigenvalue weighted by Crippen LogP contribution is 2.26. The molecule has 1 aromatic rings. The lowest BCUT2D eigenvalue weighted by molar-refractivity contribution is -0.150. The van der Waals surface area contributed by atoms with E-state index >= 15 is 0 Å². The maximum absolute atomic E-state index is 14.8. The first kappa shape index (κ1) is 65.7. The van der Waals surface area contributed by atoms with Gasteiger partial charge in [-0.05, 0) is 125 Å². The van der Waals surface area contributed by atoms with Gasteiger partial charge in [0, 0.05) is 44.1 Å². The molecular formula is C59H100N4O11. The number of benzene rings is 1. The van der Waals surface area contributed by atoms with E-state index in [9.17, 15) is 38.7 Å². The molecule has 0 aromatic heterocycles. The zero-order valence-electron chi connectivity index (χ0n) is 48.4. The van der Waals surface area contributed by atoms with Crippen LogP contribution >= 0.6 is 0 Å². The molecule has 0 aliphatic carbocycles. The Kier molecular flexibility index (Phi) is 28.1. The van der Waals surface area contributed by atoms with E-state index in [0.717, 1.165) is 25.7 Å². The standard InChI is InChI=1S/C59H100N4O11/c1-16-17-18-19-20-21-22-23-24-25-26-28-45(64)38-44(35-39(2)3)53(67)62-51(42(6)73-58(10,11)12)55(69)63-34-27-29-48(63)54(68)61-50(41(5)72-57(7,8)9)49(65)36-40(4)52(66)60-47(56(70)71)37-43-30-32-46(33-31-43)74-59(13,14)15/h30-33,39-42,44,47-48,50-51H,16-29,34-38H2,1-15H3,(H,60,66)(H,61,68)(H,62,67)(H,70,71)/t40-,41?,42?,44-,47+,48-,50+,51+/m1/s1. The Balaban J connectivity index is 2.25. The third-order valence-electron chi connectivity index (χ3n) is 13.1. The number of ether oxygens (including phenoxy) is 3. The maximum Gasteiger partial charge on any atom is 0.326 e. The topological polar surface area (TPSA) is 207 Å². The number of nitrogens with zero attached hydrogens (tertiary/aromatic N) is 1. The van der Waals surface area contributed by atoms with Gasteiger partial charge in [-0.2, -0.15) is 0 Å². The van der Waals surface area contributed by atoms with Crippen molar-refractivity contribution in [3.63, 3.8) is 0 Å². The first-order chi connectivity index (χ1) is 34.4. The third kappa shape index (κ3) is 25.9. The summed E-state index contributed by atoms with van der Waals surface area (Å²) in [6, 6.07) is 2.24. The number of aliphatic carboxylic acids is 1. The van der Waals surface area contributed by atoms with Gasteiger partial charge in [0.2, 0.25) is 23.6 Å². The number of amides is 4. The summed E-state index contributed by atoms with van der Waals surface area (Å²) < 4.78 is 18.4. The number of unbranched alkanes of at least 4 members (excludes halogenated alkanes) is 10. The van der Waals surface area contributed by atoms with Crippen LogP contribution in [0.2, 0.25) is 0 Å². The van der Waals surface area contributed by atoms with Gasteiger partial charge in [-0.25, -0.2) is 4.79 Å². The number of Topliss-reactive ketones (excluding diaryl/α,β-unsaturated/α-hetero) is 2. The van der Waals surface area contributed by atoms with E-state index in [1.807, 2.05) is 76.2 Å². The lowest BCUT2D eigenvalue weighted by atomic mass is 9.90. The Hall–Kier alpha value is -4.37. The largest absolute Gasteiger partial charge is 0.488 e. The van der Waals surface area contributed by atoms with Crippen molar-refractivity contribution in [2.45, 2.75) is 273 Å². The first-order valence-electron chi connectivity index (χ1n) is 28.0. The third-order valence-corrected chi connectivity index (χ3v) is 13.1. The number of carbonyl (C=O) groups is 7. The fraction of sp³-hybridized carbons (Fsp3) is 0.780. The molecule has 4 amide bonds. The van der Waals surface area contributed by atoms with Gasteiger partial charge in [-0.3, -0.25) is 28.8 Å². The lowest BCUT2D eigenvalue weighted by Crippen LogP contribution is -2.60. The van der Waals surface area contributed by atoms with Crippen molar-refractivity contribution in [1.29, 1.82) is 0 Å².